The van der Waals surface area contributed by atoms with E-state index in [1.165, 1.54) is 5.56 Å². The van der Waals surface area contributed by atoms with Crippen LogP contribution in [0.2, 0.25) is 0 Å². The highest BCUT2D eigenvalue weighted by atomic mass is 16.5. The lowest BCUT2D eigenvalue weighted by atomic mass is 9.94. The van der Waals surface area contributed by atoms with Crippen molar-refractivity contribution in [2.75, 3.05) is 13.2 Å². The third kappa shape index (κ3) is 2.71. The number of nitrogens with zero attached hydrogens (tertiary/aromatic N) is 3. The van der Waals surface area contributed by atoms with Crippen molar-refractivity contribution in [2.24, 2.45) is 13.0 Å². The Labute approximate surface area is 148 Å². The van der Waals surface area contributed by atoms with Crippen LogP contribution >= 0.6 is 0 Å². The minimum absolute atomic E-state index is 0.0900. The molecule has 2 atom stereocenters. The maximum atomic E-state index is 13.2. The van der Waals surface area contributed by atoms with E-state index in [1.54, 1.807) is 0 Å². The summed E-state index contributed by atoms with van der Waals surface area (Å²) in [6, 6.07) is 8.18. The van der Waals surface area contributed by atoms with Crippen molar-refractivity contribution in [1.29, 1.82) is 0 Å². The summed E-state index contributed by atoms with van der Waals surface area (Å²) in [6.45, 7) is 5.44. The Kier molecular flexibility index (Phi) is 4.02. The quantitative estimate of drug-likeness (QED) is 0.845. The molecule has 2 aliphatic rings. The molecule has 0 bridgehead atoms. The standard InChI is InChI=1S/C20H25N3O2/c1-13-19(14(2)22(3)21-13)17-8-6-10-23(17)20(24)16-11-15-7-4-5-9-18(15)25-12-16/h4-5,7,9,16-17H,6,8,10-12H2,1-3H3. The highest BCUT2D eigenvalue weighted by Gasteiger charge is 2.37. The minimum atomic E-state index is -0.0900. The molecule has 0 saturated carbocycles. The second kappa shape index (κ2) is 6.21. The minimum Gasteiger partial charge on any atom is -0.492 e. The van der Waals surface area contributed by atoms with Crippen LogP contribution in [0.25, 0.3) is 0 Å². The summed E-state index contributed by atoms with van der Waals surface area (Å²) < 4.78 is 7.77. The lowest BCUT2D eigenvalue weighted by Crippen LogP contribution is -2.40. The van der Waals surface area contributed by atoms with Crippen LogP contribution in [-0.4, -0.2) is 33.7 Å². The van der Waals surface area contributed by atoms with Crippen molar-refractivity contribution in [2.45, 2.75) is 39.2 Å². The van der Waals surface area contributed by atoms with Gasteiger partial charge >= 0.3 is 0 Å². The number of hydrogen-bond acceptors (Lipinski definition) is 3. The van der Waals surface area contributed by atoms with Gasteiger partial charge in [-0.15, -0.1) is 0 Å². The Morgan fingerprint density at radius 1 is 1.28 bits per heavy atom. The molecule has 0 spiro atoms. The monoisotopic (exact) mass is 339 g/mol. The van der Waals surface area contributed by atoms with Gasteiger partial charge in [-0.1, -0.05) is 18.2 Å². The number of benzene rings is 1. The number of para-hydroxylation sites is 1. The normalized spacial score (nSPS) is 22.6. The number of ether oxygens (including phenoxy) is 1. The molecule has 2 aromatic rings. The van der Waals surface area contributed by atoms with E-state index in [-0.39, 0.29) is 17.9 Å². The molecule has 0 aliphatic carbocycles. The largest absolute Gasteiger partial charge is 0.492 e. The first-order chi connectivity index (χ1) is 12.1. The summed E-state index contributed by atoms with van der Waals surface area (Å²) in [7, 11) is 1.97. The number of carbonyl (C=O) groups excluding carboxylic acids is 1. The van der Waals surface area contributed by atoms with Crippen molar-refractivity contribution in [3.8, 4) is 5.75 Å². The van der Waals surface area contributed by atoms with Crippen molar-refractivity contribution in [3.63, 3.8) is 0 Å². The summed E-state index contributed by atoms with van der Waals surface area (Å²) in [5.74, 6) is 1.05. The molecule has 0 N–H and O–H groups in total. The molecule has 3 heterocycles. The Hall–Kier alpha value is -2.30. The third-order valence-corrected chi connectivity index (χ3v) is 5.66. The summed E-state index contributed by atoms with van der Waals surface area (Å²) in [6.07, 6.45) is 2.83. The molecule has 2 unspecified atom stereocenters. The average Bonchev–Trinajstić information content (AvgIpc) is 3.18. The fourth-order valence-electron chi connectivity index (χ4n) is 4.32. The molecule has 4 rings (SSSR count). The van der Waals surface area contributed by atoms with Gasteiger partial charge in [0.15, 0.2) is 0 Å². The number of aryl methyl sites for hydroxylation is 2. The summed E-state index contributed by atoms with van der Waals surface area (Å²) in [5.41, 5.74) is 4.56. The van der Waals surface area contributed by atoms with Crippen LogP contribution in [-0.2, 0) is 18.3 Å². The smallest absolute Gasteiger partial charge is 0.229 e. The molecule has 132 valence electrons. The average molecular weight is 339 g/mol. The van der Waals surface area contributed by atoms with Gasteiger partial charge in [0, 0.05) is 24.8 Å². The lowest BCUT2D eigenvalue weighted by molar-refractivity contribution is -0.137. The first kappa shape index (κ1) is 16.2. The van der Waals surface area contributed by atoms with Gasteiger partial charge in [0.05, 0.1) is 17.7 Å². The van der Waals surface area contributed by atoms with Gasteiger partial charge in [0.1, 0.15) is 12.4 Å². The van der Waals surface area contributed by atoms with E-state index in [9.17, 15) is 4.79 Å². The molecule has 1 fully saturated rings. The predicted molar refractivity (Wildman–Crippen MR) is 95.5 cm³/mol. The second-order valence-corrected chi connectivity index (χ2v) is 7.22. The second-order valence-electron chi connectivity index (χ2n) is 7.22. The number of carbonyl (C=O) groups is 1. The van der Waals surface area contributed by atoms with Gasteiger partial charge < -0.3 is 9.64 Å². The molecule has 1 aromatic heterocycles. The number of fused-ring (bicyclic) bond motifs is 1. The molecule has 5 nitrogen and oxygen atoms in total. The molecule has 25 heavy (non-hydrogen) atoms. The highest BCUT2D eigenvalue weighted by molar-refractivity contribution is 5.80. The predicted octanol–water partition coefficient (Wildman–Crippen LogP) is 2.95. The van der Waals surface area contributed by atoms with Crippen LogP contribution in [0.15, 0.2) is 24.3 Å². The first-order valence-electron chi connectivity index (χ1n) is 9.07. The van der Waals surface area contributed by atoms with Gasteiger partial charge in [0.25, 0.3) is 0 Å². The van der Waals surface area contributed by atoms with Gasteiger partial charge in [-0.2, -0.15) is 5.10 Å². The number of hydrogen-bond donors (Lipinski definition) is 0. The van der Waals surface area contributed by atoms with Crippen LogP contribution < -0.4 is 4.74 Å². The highest BCUT2D eigenvalue weighted by Crippen LogP contribution is 2.37. The van der Waals surface area contributed by atoms with E-state index in [2.05, 4.69) is 23.0 Å². The zero-order chi connectivity index (χ0) is 17.6. The van der Waals surface area contributed by atoms with E-state index in [0.29, 0.717) is 6.61 Å². The number of amides is 1. The van der Waals surface area contributed by atoms with E-state index in [1.807, 2.05) is 36.9 Å². The summed E-state index contributed by atoms with van der Waals surface area (Å²) in [4.78, 5) is 15.3. The summed E-state index contributed by atoms with van der Waals surface area (Å²) in [5, 5.41) is 4.55. The topological polar surface area (TPSA) is 47.4 Å². The summed E-state index contributed by atoms with van der Waals surface area (Å²) >= 11 is 0. The fourth-order valence-corrected chi connectivity index (χ4v) is 4.32. The van der Waals surface area contributed by atoms with Crippen molar-refractivity contribution in [1.82, 2.24) is 14.7 Å². The van der Waals surface area contributed by atoms with Crippen LogP contribution in [0.1, 0.15) is 41.4 Å². The Balaban J connectivity index is 1.58. The van der Waals surface area contributed by atoms with Crippen LogP contribution in [0.3, 0.4) is 0 Å². The van der Waals surface area contributed by atoms with Crippen molar-refractivity contribution in [3.05, 3.63) is 46.8 Å². The molecule has 1 saturated heterocycles. The van der Waals surface area contributed by atoms with Gasteiger partial charge in [-0.25, -0.2) is 0 Å². The number of rotatable bonds is 2. The van der Waals surface area contributed by atoms with E-state index in [0.717, 1.165) is 48.5 Å². The van der Waals surface area contributed by atoms with Crippen LogP contribution in [0.5, 0.6) is 5.75 Å². The Bertz CT molecular complexity index is 811. The van der Waals surface area contributed by atoms with E-state index < -0.39 is 0 Å². The zero-order valence-electron chi connectivity index (χ0n) is 15.2. The Morgan fingerprint density at radius 3 is 2.84 bits per heavy atom. The molecule has 1 amide bonds. The molecule has 0 radical (unpaired) electrons. The van der Waals surface area contributed by atoms with E-state index in [4.69, 9.17) is 4.74 Å². The van der Waals surface area contributed by atoms with Crippen molar-refractivity contribution >= 4 is 5.91 Å². The third-order valence-electron chi connectivity index (χ3n) is 5.66. The molecule has 2 aliphatic heterocycles. The van der Waals surface area contributed by atoms with Gasteiger partial charge in [0.2, 0.25) is 5.91 Å². The van der Waals surface area contributed by atoms with Gasteiger partial charge in [-0.05, 0) is 44.7 Å². The maximum Gasteiger partial charge on any atom is 0.229 e. The number of likely N-dealkylation sites (tertiary alicyclic amines) is 1. The zero-order valence-corrected chi connectivity index (χ0v) is 15.2. The molecular weight excluding hydrogens is 314 g/mol. The lowest BCUT2D eigenvalue weighted by Gasteiger charge is -2.31. The van der Waals surface area contributed by atoms with E-state index >= 15 is 0 Å². The fraction of sp³-hybridized carbons (Fsp3) is 0.500. The Morgan fingerprint density at radius 2 is 2.08 bits per heavy atom. The van der Waals surface area contributed by atoms with Gasteiger partial charge in [-0.3, -0.25) is 9.48 Å². The first-order valence-corrected chi connectivity index (χ1v) is 9.07. The maximum absolute atomic E-state index is 13.2. The van der Waals surface area contributed by atoms with Crippen molar-refractivity contribution < 1.29 is 9.53 Å². The number of aromatic nitrogens is 2. The molecular formula is C20H25N3O2. The van der Waals surface area contributed by atoms with Crippen LogP contribution in [0.4, 0.5) is 0 Å². The molecule has 5 heteroatoms. The SMILES string of the molecule is Cc1nn(C)c(C)c1C1CCCN1C(=O)C1COc2ccccc2C1. The molecule has 1 aromatic carbocycles. The van der Waals surface area contributed by atoms with Crippen LogP contribution in [0, 0.1) is 19.8 Å².